The van der Waals surface area contributed by atoms with Crippen molar-refractivity contribution in [2.75, 3.05) is 5.75 Å². The molecule has 1 aliphatic carbocycles. The fourth-order valence-electron chi connectivity index (χ4n) is 1.38. The number of rotatable bonds is 4. The second-order valence-corrected chi connectivity index (χ2v) is 5.90. The molecule has 1 aromatic rings. The zero-order valence-corrected chi connectivity index (χ0v) is 9.53. The summed E-state index contributed by atoms with van der Waals surface area (Å²) in [4.78, 5) is 11.6. The molecule has 0 bridgehead atoms. The Kier molecular flexibility index (Phi) is 2.96. The maximum Gasteiger partial charge on any atom is 0.235 e. The molecule has 0 unspecified atom stereocenters. The molecule has 1 N–H and O–H groups in total. The van der Waals surface area contributed by atoms with Gasteiger partial charge in [-0.1, -0.05) is 18.2 Å². The van der Waals surface area contributed by atoms with Crippen LogP contribution in [0.4, 0.5) is 0 Å². The number of amides is 1. The van der Waals surface area contributed by atoms with Gasteiger partial charge in [0.25, 0.3) is 0 Å². The summed E-state index contributed by atoms with van der Waals surface area (Å²) in [5, 5.41) is 2.66. The van der Waals surface area contributed by atoms with Crippen LogP contribution in [0.15, 0.2) is 35.2 Å². The summed E-state index contributed by atoms with van der Waals surface area (Å²) in [5.74, 6) is -0.876. The molecule has 1 saturated carbocycles. The van der Waals surface area contributed by atoms with Gasteiger partial charge in [0, 0.05) is 6.04 Å². The number of benzene rings is 1. The van der Waals surface area contributed by atoms with Crippen LogP contribution in [0.5, 0.6) is 0 Å². The third-order valence-electron chi connectivity index (χ3n) is 2.37. The second-order valence-electron chi connectivity index (χ2n) is 3.91. The van der Waals surface area contributed by atoms with Gasteiger partial charge in [0.15, 0.2) is 9.84 Å². The van der Waals surface area contributed by atoms with Gasteiger partial charge in [-0.2, -0.15) is 0 Å². The van der Waals surface area contributed by atoms with Crippen molar-refractivity contribution in [3.63, 3.8) is 0 Å². The van der Waals surface area contributed by atoms with Gasteiger partial charge in [-0.05, 0) is 25.0 Å². The van der Waals surface area contributed by atoms with E-state index in [9.17, 15) is 13.2 Å². The van der Waals surface area contributed by atoms with Gasteiger partial charge in [-0.15, -0.1) is 0 Å². The van der Waals surface area contributed by atoms with Crippen LogP contribution in [-0.2, 0) is 14.6 Å². The van der Waals surface area contributed by atoms with Crippen molar-refractivity contribution in [1.29, 1.82) is 0 Å². The molecule has 0 aromatic heterocycles. The van der Waals surface area contributed by atoms with Gasteiger partial charge < -0.3 is 5.32 Å². The van der Waals surface area contributed by atoms with Gasteiger partial charge in [0.05, 0.1) is 4.90 Å². The topological polar surface area (TPSA) is 63.2 Å². The molecule has 4 nitrogen and oxygen atoms in total. The predicted octanol–water partition coefficient (Wildman–Crippen LogP) is 0.739. The molecule has 1 fully saturated rings. The monoisotopic (exact) mass is 239 g/mol. The molecule has 0 aliphatic heterocycles. The first-order chi connectivity index (χ1) is 7.58. The van der Waals surface area contributed by atoms with E-state index in [0.717, 1.165) is 12.8 Å². The third-order valence-corrected chi connectivity index (χ3v) is 4.00. The average molecular weight is 239 g/mol. The van der Waals surface area contributed by atoms with Gasteiger partial charge in [-0.3, -0.25) is 4.79 Å². The molecule has 0 spiro atoms. The molecule has 0 radical (unpaired) electrons. The maximum absolute atomic E-state index is 11.8. The predicted molar refractivity (Wildman–Crippen MR) is 59.7 cm³/mol. The highest BCUT2D eigenvalue weighted by Gasteiger charge is 2.26. The first kappa shape index (κ1) is 11.1. The Labute approximate surface area is 94.6 Å². The molecule has 5 heteroatoms. The molecule has 1 aliphatic rings. The van der Waals surface area contributed by atoms with E-state index >= 15 is 0 Å². The lowest BCUT2D eigenvalue weighted by molar-refractivity contribution is -0.118. The van der Waals surface area contributed by atoms with E-state index in [4.69, 9.17) is 0 Å². The van der Waals surface area contributed by atoms with Crippen molar-refractivity contribution in [2.24, 2.45) is 0 Å². The summed E-state index contributed by atoms with van der Waals surface area (Å²) in [7, 11) is -3.49. The van der Waals surface area contributed by atoms with Crippen LogP contribution in [0.2, 0.25) is 0 Å². The first-order valence-electron chi connectivity index (χ1n) is 5.15. The second kappa shape index (κ2) is 4.25. The van der Waals surface area contributed by atoms with Crippen molar-refractivity contribution >= 4 is 15.7 Å². The summed E-state index contributed by atoms with van der Waals surface area (Å²) in [5.41, 5.74) is 0. The van der Waals surface area contributed by atoms with E-state index < -0.39 is 21.5 Å². The number of nitrogens with one attached hydrogen (secondary N) is 1. The number of carbonyl (C=O) groups excluding carboxylic acids is 1. The van der Waals surface area contributed by atoms with Gasteiger partial charge in [0.1, 0.15) is 5.75 Å². The highest BCUT2D eigenvalue weighted by Crippen LogP contribution is 2.19. The number of sulfone groups is 1. The van der Waals surface area contributed by atoms with Crippen molar-refractivity contribution in [3.05, 3.63) is 30.3 Å². The number of hydrogen-bond acceptors (Lipinski definition) is 3. The summed E-state index contributed by atoms with van der Waals surface area (Å²) < 4.78 is 23.6. The maximum atomic E-state index is 11.8. The SMILES string of the molecule is O=C(CS(=O)(=O)c1ccccc1)NC1CC1. The highest BCUT2D eigenvalue weighted by atomic mass is 32.2. The molecule has 1 amide bonds. The molecule has 86 valence electrons. The summed E-state index contributed by atoms with van der Waals surface area (Å²) in [6, 6.07) is 8.22. The van der Waals surface area contributed by atoms with Crippen LogP contribution in [0.25, 0.3) is 0 Å². The van der Waals surface area contributed by atoms with Crippen molar-refractivity contribution < 1.29 is 13.2 Å². The Morgan fingerprint density at radius 1 is 1.25 bits per heavy atom. The first-order valence-corrected chi connectivity index (χ1v) is 6.80. The van der Waals surface area contributed by atoms with Crippen LogP contribution in [-0.4, -0.2) is 26.1 Å². The molecular weight excluding hydrogens is 226 g/mol. The third kappa shape index (κ3) is 2.82. The lowest BCUT2D eigenvalue weighted by atomic mass is 10.4. The largest absolute Gasteiger partial charge is 0.352 e. The fourth-order valence-corrected chi connectivity index (χ4v) is 2.55. The summed E-state index contributed by atoms with van der Waals surface area (Å²) >= 11 is 0. The van der Waals surface area contributed by atoms with Crippen molar-refractivity contribution in [1.82, 2.24) is 5.32 Å². The van der Waals surface area contributed by atoms with Gasteiger partial charge in [0.2, 0.25) is 5.91 Å². The molecular formula is C11H13NO3S. The highest BCUT2D eigenvalue weighted by molar-refractivity contribution is 7.92. The van der Waals surface area contributed by atoms with E-state index in [2.05, 4.69) is 5.32 Å². The molecule has 0 saturated heterocycles. The van der Waals surface area contributed by atoms with E-state index in [1.807, 2.05) is 0 Å². The molecule has 2 rings (SSSR count). The minimum absolute atomic E-state index is 0.193. The quantitative estimate of drug-likeness (QED) is 0.843. The Morgan fingerprint density at radius 3 is 2.44 bits per heavy atom. The molecule has 0 heterocycles. The number of hydrogen-bond donors (Lipinski definition) is 1. The average Bonchev–Trinajstić information content (AvgIpc) is 3.02. The Hall–Kier alpha value is -1.36. The zero-order valence-electron chi connectivity index (χ0n) is 8.72. The van der Waals surface area contributed by atoms with E-state index in [-0.39, 0.29) is 10.9 Å². The fraction of sp³-hybridized carbons (Fsp3) is 0.364. The van der Waals surface area contributed by atoms with E-state index in [1.165, 1.54) is 12.1 Å². The number of carbonyl (C=O) groups is 1. The van der Waals surface area contributed by atoms with Crippen molar-refractivity contribution in [2.45, 2.75) is 23.8 Å². The summed E-state index contributed by atoms with van der Waals surface area (Å²) in [6.07, 6.45) is 1.91. The smallest absolute Gasteiger partial charge is 0.235 e. The van der Waals surface area contributed by atoms with E-state index in [0.29, 0.717) is 0 Å². The minimum atomic E-state index is -3.49. The van der Waals surface area contributed by atoms with Crippen molar-refractivity contribution in [3.8, 4) is 0 Å². The molecule has 1 aromatic carbocycles. The molecule has 0 atom stereocenters. The van der Waals surface area contributed by atoms with Crippen LogP contribution >= 0.6 is 0 Å². The molecule has 16 heavy (non-hydrogen) atoms. The lowest BCUT2D eigenvalue weighted by Gasteiger charge is -2.04. The lowest BCUT2D eigenvalue weighted by Crippen LogP contribution is -2.31. The Morgan fingerprint density at radius 2 is 1.88 bits per heavy atom. The van der Waals surface area contributed by atoms with Crippen LogP contribution in [0.1, 0.15) is 12.8 Å². The van der Waals surface area contributed by atoms with Gasteiger partial charge in [-0.25, -0.2) is 8.42 Å². The Balaban J connectivity index is 2.05. The van der Waals surface area contributed by atoms with Crippen LogP contribution in [0.3, 0.4) is 0 Å². The standard InChI is InChI=1S/C11H13NO3S/c13-11(12-9-6-7-9)8-16(14,15)10-4-2-1-3-5-10/h1-5,9H,6-8H2,(H,12,13). The normalized spacial score (nSPS) is 15.8. The Bertz CT molecular complexity index is 477. The van der Waals surface area contributed by atoms with Crippen LogP contribution in [0, 0.1) is 0 Å². The van der Waals surface area contributed by atoms with Gasteiger partial charge >= 0.3 is 0 Å². The minimum Gasteiger partial charge on any atom is -0.352 e. The summed E-state index contributed by atoms with van der Waals surface area (Å²) in [6.45, 7) is 0. The van der Waals surface area contributed by atoms with Crippen LogP contribution < -0.4 is 5.32 Å². The zero-order chi connectivity index (χ0) is 11.6. The van der Waals surface area contributed by atoms with E-state index in [1.54, 1.807) is 18.2 Å².